The van der Waals surface area contributed by atoms with E-state index in [0.29, 0.717) is 44.1 Å². The van der Waals surface area contributed by atoms with Gasteiger partial charge in [0.15, 0.2) is 0 Å². The summed E-state index contributed by atoms with van der Waals surface area (Å²) in [6.45, 7) is 0.0944. The number of hydrogen-bond donors (Lipinski definition) is 2. The summed E-state index contributed by atoms with van der Waals surface area (Å²) in [6, 6.07) is 21.6. The Morgan fingerprint density at radius 1 is 0.972 bits per heavy atom. The van der Waals surface area contributed by atoms with Crippen LogP contribution in [0.25, 0.3) is 0 Å². The molecule has 4 aromatic rings. The van der Waals surface area contributed by atoms with Crippen LogP contribution in [-0.4, -0.2) is 18.9 Å². The molecule has 1 aromatic heterocycles. The molecule has 0 saturated heterocycles. The summed E-state index contributed by atoms with van der Waals surface area (Å²) in [4.78, 5) is 26.1. The van der Waals surface area contributed by atoms with Crippen molar-refractivity contribution in [3.05, 3.63) is 110 Å². The second-order valence-corrected chi connectivity index (χ2v) is 9.73. The van der Waals surface area contributed by atoms with Crippen molar-refractivity contribution in [3.63, 3.8) is 0 Å². The van der Waals surface area contributed by atoms with Gasteiger partial charge in [-0.1, -0.05) is 59.6 Å². The first-order valence-corrected chi connectivity index (χ1v) is 12.4. The average molecular weight is 541 g/mol. The molecule has 4 rings (SSSR count). The molecular formula is C27H22Cl2N2O4S. The summed E-state index contributed by atoms with van der Waals surface area (Å²) in [7, 11) is 1.53. The summed E-state index contributed by atoms with van der Waals surface area (Å²) in [5.74, 6) is -0.0427. The Morgan fingerprint density at radius 3 is 2.47 bits per heavy atom. The SMILES string of the molecule is COc1ccc(C(=O)Nc2sc(Cc3ccccc3)cc2C(N)=O)cc1COc1cccc(Cl)c1Cl. The lowest BCUT2D eigenvalue weighted by Crippen LogP contribution is -2.16. The summed E-state index contributed by atoms with van der Waals surface area (Å²) in [5.41, 5.74) is 7.93. The van der Waals surface area contributed by atoms with Crippen LogP contribution in [0.5, 0.6) is 11.5 Å². The highest BCUT2D eigenvalue weighted by atomic mass is 35.5. The zero-order chi connectivity index (χ0) is 25.7. The number of amides is 2. The van der Waals surface area contributed by atoms with Gasteiger partial charge >= 0.3 is 0 Å². The fourth-order valence-corrected chi connectivity index (χ4v) is 5.00. The zero-order valence-electron chi connectivity index (χ0n) is 19.2. The predicted molar refractivity (Wildman–Crippen MR) is 144 cm³/mol. The van der Waals surface area contributed by atoms with E-state index in [4.69, 9.17) is 38.4 Å². The van der Waals surface area contributed by atoms with E-state index in [-0.39, 0.29) is 12.2 Å². The molecule has 184 valence electrons. The molecule has 2 amide bonds. The van der Waals surface area contributed by atoms with Gasteiger partial charge in [-0.15, -0.1) is 11.3 Å². The van der Waals surface area contributed by atoms with Crippen molar-refractivity contribution in [2.24, 2.45) is 5.73 Å². The summed E-state index contributed by atoms with van der Waals surface area (Å²) >= 11 is 13.6. The number of halogens is 2. The molecule has 0 spiro atoms. The molecule has 36 heavy (non-hydrogen) atoms. The number of nitrogens with two attached hydrogens (primary N) is 1. The molecule has 3 aromatic carbocycles. The van der Waals surface area contributed by atoms with Crippen LogP contribution in [0.4, 0.5) is 5.00 Å². The number of carbonyl (C=O) groups excluding carboxylic acids is 2. The maximum absolute atomic E-state index is 13.1. The van der Waals surface area contributed by atoms with Gasteiger partial charge in [-0.25, -0.2) is 0 Å². The maximum Gasteiger partial charge on any atom is 0.256 e. The molecule has 0 atom stereocenters. The highest BCUT2D eigenvalue weighted by molar-refractivity contribution is 7.16. The molecule has 0 unspecified atom stereocenters. The van der Waals surface area contributed by atoms with E-state index in [1.54, 1.807) is 42.5 Å². The van der Waals surface area contributed by atoms with Gasteiger partial charge in [0.05, 0.1) is 17.7 Å². The van der Waals surface area contributed by atoms with E-state index < -0.39 is 11.8 Å². The Morgan fingerprint density at radius 2 is 1.75 bits per heavy atom. The van der Waals surface area contributed by atoms with Gasteiger partial charge in [-0.05, 0) is 42.0 Å². The van der Waals surface area contributed by atoms with Gasteiger partial charge in [0.1, 0.15) is 28.1 Å². The van der Waals surface area contributed by atoms with Gasteiger partial charge in [-0.2, -0.15) is 0 Å². The van der Waals surface area contributed by atoms with Crippen LogP contribution < -0.4 is 20.5 Å². The lowest BCUT2D eigenvalue weighted by Gasteiger charge is -2.13. The fraction of sp³-hybridized carbons (Fsp3) is 0.111. The van der Waals surface area contributed by atoms with Crippen LogP contribution in [0, 0.1) is 0 Å². The number of anilines is 1. The molecule has 0 fully saturated rings. The van der Waals surface area contributed by atoms with Crippen molar-refractivity contribution in [2.45, 2.75) is 13.0 Å². The number of ether oxygens (including phenoxy) is 2. The average Bonchev–Trinajstić information content (AvgIpc) is 3.27. The van der Waals surface area contributed by atoms with Crippen LogP contribution in [0.15, 0.2) is 72.8 Å². The van der Waals surface area contributed by atoms with Crippen molar-refractivity contribution < 1.29 is 19.1 Å². The highest BCUT2D eigenvalue weighted by Crippen LogP contribution is 2.33. The molecule has 9 heteroatoms. The number of hydrogen-bond acceptors (Lipinski definition) is 5. The number of nitrogens with one attached hydrogen (secondary N) is 1. The third-order valence-corrected chi connectivity index (χ3v) is 7.19. The normalized spacial score (nSPS) is 10.6. The van der Waals surface area contributed by atoms with E-state index in [9.17, 15) is 9.59 Å². The Labute approximate surface area is 222 Å². The second-order valence-electron chi connectivity index (χ2n) is 7.80. The zero-order valence-corrected chi connectivity index (χ0v) is 21.5. The molecule has 0 radical (unpaired) electrons. The van der Waals surface area contributed by atoms with Crippen molar-refractivity contribution in [2.75, 3.05) is 12.4 Å². The first-order chi connectivity index (χ1) is 17.4. The molecule has 0 aliphatic heterocycles. The topological polar surface area (TPSA) is 90.6 Å². The lowest BCUT2D eigenvalue weighted by molar-refractivity contribution is 0.100. The number of thiophene rings is 1. The number of rotatable bonds is 9. The minimum absolute atomic E-state index is 0.0944. The van der Waals surface area contributed by atoms with Crippen LogP contribution in [0.2, 0.25) is 10.0 Å². The van der Waals surface area contributed by atoms with E-state index in [2.05, 4.69) is 5.32 Å². The number of methoxy groups -OCH3 is 1. The summed E-state index contributed by atoms with van der Waals surface area (Å²) in [5, 5.41) is 3.91. The van der Waals surface area contributed by atoms with Crippen LogP contribution >= 0.6 is 34.5 Å². The Balaban J connectivity index is 1.54. The molecule has 1 heterocycles. The molecule has 3 N–H and O–H groups in total. The fourth-order valence-electron chi connectivity index (χ4n) is 3.56. The third kappa shape index (κ3) is 5.99. The first kappa shape index (κ1) is 25.6. The minimum atomic E-state index is -0.608. The monoisotopic (exact) mass is 540 g/mol. The standard InChI is InChI=1S/C27H22Cl2N2O4S/c1-34-22-11-10-17(13-18(22)15-35-23-9-5-8-21(28)24(23)29)26(33)31-27-20(25(30)32)14-19(36-27)12-16-6-3-2-4-7-16/h2-11,13-14H,12,15H2,1H3,(H2,30,32)(H,31,33). The third-order valence-electron chi connectivity index (χ3n) is 5.34. The number of benzene rings is 3. The summed E-state index contributed by atoms with van der Waals surface area (Å²) < 4.78 is 11.2. The molecule has 0 aliphatic carbocycles. The van der Waals surface area contributed by atoms with E-state index in [0.717, 1.165) is 10.4 Å². The predicted octanol–water partition coefficient (Wildman–Crippen LogP) is 6.58. The Bertz CT molecular complexity index is 1410. The molecule has 6 nitrogen and oxygen atoms in total. The molecule has 0 aliphatic rings. The largest absolute Gasteiger partial charge is 0.496 e. The van der Waals surface area contributed by atoms with Crippen LogP contribution in [-0.2, 0) is 13.0 Å². The van der Waals surface area contributed by atoms with E-state index in [1.807, 2.05) is 30.3 Å². The Kier molecular flexibility index (Phi) is 8.15. The minimum Gasteiger partial charge on any atom is -0.496 e. The van der Waals surface area contributed by atoms with Crippen molar-refractivity contribution in [1.29, 1.82) is 0 Å². The van der Waals surface area contributed by atoms with Crippen molar-refractivity contribution in [1.82, 2.24) is 0 Å². The van der Waals surface area contributed by atoms with Crippen LogP contribution in [0.3, 0.4) is 0 Å². The van der Waals surface area contributed by atoms with Gasteiger partial charge in [0.25, 0.3) is 11.8 Å². The maximum atomic E-state index is 13.1. The first-order valence-electron chi connectivity index (χ1n) is 10.9. The number of carbonyl (C=O) groups is 2. The van der Waals surface area contributed by atoms with Crippen molar-refractivity contribution in [3.8, 4) is 11.5 Å². The van der Waals surface area contributed by atoms with Gasteiger partial charge in [0, 0.05) is 22.4 Å². The van der Waals surface area contributed by atoms with Gasteiger partial charge in [0.2, 0.25) is 0 Å². The highest BCUT2D eigenvalue weighted by Gasteiger charge is 2.18. The lowest BCUT2D eigenvalue weighted by atomic mass is 10.1. The number of primary amides is 1. The quantitative estimate of drug-likeness (QED) is 0.250. The smallest absolute Gasteiger partial charge is 0.256 e. The second kappa shape index (κ2) is 11.5. The van der Waals surface area contributed by atoms with Crippen LogP contribution in [0.1, 0.15) is 36.7 Å². The van der Waals surface area contributed by atoms with Gasteiger partial charge < -0.3 is 20.5 Å². The molecule has 0 bridgehead atoms. The van der Waals surface area contributed by atoms with E-state index in [1.165, 1.54) is 18.4 Å². The molecular weight excluding hydrogens is 519 g/mol. The molecule has 0 saturated carbocycles. The Hall–Kier alpha value is -3.52. The van der Waals surface area contributed by atoms with Crippen molar-refractivity contribution >= 4 is 51.4 Å². The van der Waals surface area contributed by atoms with Gasteiger partial charge in [-0.3, -0.25) is 9.59 Å². The summed E-state index contributed by atoms with van der Waals surface area (Å²) in [6.07, 6.45) is 0.623. The van der Waals surface area contributed by atoms with E-state index >= 15 is 0 Å².